The Hall–Kier alpha value is -2.67. The zero-order chi connectivity index (χ0) is 21.2. The number of rotatable bonds is 6. The number of benzene rings is 2. The maximum absolute atomic E-state index is 13.0. The molecule has 0 saturated carbocycles. The highest BCUT2D eigenvalue weighted by molar-refractivity contribution is 7.93. The first-order chi connectivity index (χ1) is 13.7. The Kier molecular flexibility index (Phi) is 6.07. The van der Waals surface area contributed by atoms with Crippen molar-refractivity contribution in [2.24, 2.45) is 12.2 Å². The van der Waals surface area contributed by atoms with Crippen LogP contribution < -0.4 is 5.14 Å². The van der Waals surface area contributed by atoms with Crippen molar-refractivity contribution in [2.45, 2.75) is 13.3 Å². The molecule has 0 atom stereocenters. The molecule has 7 heteroatoms. The van der Waals surface area contributed by atoms with Crippen LogP contribution in [0, 0.1) is 6.92 Å². The molecule has 0 aliphatic heterocycles. The number of ketones is 1. The Bertz CT molecular complexity index is 1180. The molecular formula is C22H21ClN2O3S. The summed E-state index contributed by atoms with van der Waals surface area (Å²) in [5.41, 5.74) is 3.18. The van der Waals surface area contributed by atoms with Gasteiger partial charge in [0.25, 0.3) is 0 Å². The van der Waals surface area contributed by atoms with Gasteiger partial charge in [0, 0.05) is 29.7 Å². The lowest BCUT2D eigenvalue weighted by molar-refractivity contribution is 0.103. The number of hydrogen-bond donors (Lipinski definition) is 1. The maximum Gasteiger partial charge on any atom is 0.234 e. The first-order valence-corrected chi connectivity index (χ1v) is 10.8. The third kappa shape index (κ3) is 4.85. The van der Waals surface area contributed by atoms with Crippen molar-refractivity contribution in [1.29, 1.82) is 0 Å². The zero-order valence-electron chi connectivity index (χ0n) is 16.1. The van der Waals surface area contributed by atoms with Gasteiger partial charge in [0.05, 0.1) is 10.6 Å². The van der Waals surface area contributed by atoms with Gasteiger partial charge in [-0.15, -0.1) is 0 Å². The van der Waals surface area contributed by atoms with Gasteiger partial charge in [-0.25, -0.2) is 13.6 Å². The summed E-state index contributed by atoms with van der Waals surface area (Å²) in [6.45, 7) is 1.82. The van der Waals surface area contributed by atoms with Crippen molar-refractivity contribution >= 4 is 33.5 Å². The van der Waals surface area contributed by atoms with Crippen LogP contribution in [0.2, 0.25) is 5.02 Å². The quantitative estimate of drug-likeness (QED) is 0.600. The normalized spacial score (nSPS) is 12.2. The molecule has 150 valence electrons. The number of halogens is 1. The number of aryl methyl sites for hydroxylation is 1. The average Bonchev–Trinajstić information content (AvgIpc) is 2.95. The summed E-state index contributed by atoms with van der Waals surface area (Å²) in [7, 11) is -2.17. The van der Waals surface area contributed by atoms with Crippen LogP contribution in [-0.4, -0.2) is 18.8 Å². The van der Waals surface area contributed by atoms with Gasteiger partial charge in [0.2, 0.25) is 15.8 Å². The van der Waals surface area contributed by atoms with E-state index in [2.05, 4.69) is 0 Å². The highest BCUT2D eigenvalue weighted by Gasteiger charge is 2.21. The third-order valence-electron chi connectivity index (χ3n) is 4.69. The fraction of sp³-hybridized carbons (Fsp3) is 0.136. The number of hydrogen-bond acceptors (Lipinski definition) is 3. The number of primary sulfonamides is 1. The van der Waals surface area contributed by atoms with Crippen molar-refractivity contribution in [2.75, 3.05) is 0 Å². The summed E-state index contributed by atoms with van der Waals surface area (Å²) in [6.07, 6.45) is 1.64. The largest absolute Gasteiger partial charge is 0.344 e. The molecule has 3 aromatic rings. The molecule has 0 saturated heterocycles. The van der Waals surface area contributed by atoms with Crippen LogP contribution in [0.1, 0.15) is 32.9 Å². The average molecular weight is 429 g/mol. The highest BCUT2D eigenvalue weighted by atomic mass is 35.5. The fourth-order valence-corrected chi connectivity index (χ4v) is 3.99. The smallest absolute Gasteiger partial charge is 0.234 e. The number of carbonyl (C=O) groups excluding carboxylic acids is 1. The van der Waals surface area contributed by atoms with E-state index < -0.39 is 10.0 Å². The molecule has 0 spiro atoms. The zero-order valence-corrected chi connectivity index (χ0v) is 17.7. The van der Waals surface area contributed by atoms with Gasteiger partial charge in [-0.2, -0.15) is 0 Å². The van der Waals surface area contributed by atoms with Gasteiger partial charge in [0.1, 0.15) is 0 Å². The number of nitrogens with two attached hydrogens (primary N) is 1. The molecule has 0 fully saturated rings. The van der Waals surface area contributed by atoms with Crippen LogP contribution in [0.25, 0.3) is 6.08 Å². The van der Waals surface area contributed by atoms with E-state index >= 15 is 0 Å². The summed E-state index contributed by atoms with van der Waals surface area (Å²) >= 11 is 5.90. The number of aromatic nitrogens is 1. The lowest BCUT2D eigenvalue weighted by Gasteiger charge is -2.10. The van der Waals surface area contributed by atoms with Gasteiger partial charge in [-0.3, -0.25) is 4.79 Å². The summed E-state index contributed by atoms with van der Waals surface area (Å²) in [5, 5.41) is 6.00. The van der Waals surface area contributed by atoms with Crippen molar-refractivity contribution < 1.29 is 13.2 Å². The SMILES string of the molecule is Cc1cc(C/C(=C/c2ccccc2)S(N)(=O)=O)n(C)c1C(=O)c1ccc(Cl)cc1. The van der Waals surface area contributed by atoms with Crippen molar-refractivity contribution in [3.05, 3.63) is 98.7 Å². The molecule has 1 aromatic heterocycles. The molecule has 29 heavy (non-hydrogen) atoms. The van der Waals surface area contributed by atoms with Crippen LogP contribution >= 0.6 is 11.6 Å². The Morgan fingerprint density at radius 2 is 1.72 bits per heavy atom. The predicted molar refractivity (Wildman–Crippen MR) is 116 cm³/mol. The van der Waals surface area contributed by atoms with Gasteiger partial charge < -0.3 is 4.57 Å². The van der Waals surface area contributed by atoms with Crippen LogP contribution in [0.4, 0.5) is 0 Å². The maximum atomic E-state index is 13.0. The molecule has 0 aliphatic rings. The van der Waals surface area contributed by atoms with E-state index in [1.165, 1.54) is 0 Å². The van der Waals surface area contributed by atoms with Crippen LogP contribution in [0.5, 0.6) is 0 Å². The van der Waals surface area contributed by atoms with Gasteiger partial charge in [0.15, 0.2) is 0 Å². The highest BCUT2D eigenvalue weighted by Crippen LogP contribution is 2.23. The molecule has 5 nitrogen and oxygen atoms in total. The Morgan fingerprint density at radius 3 is 2.31 bits per heavy atom. The van der Waals surface area contributed by atoms with E-state index in [-0.39, 0.29) is 17.1 Å². The van der Waals surface area contributed by atoms with E-state index in [0.717, 1.165) is 11.1 Å². The topological polar surface area (TPSA) is 82.2 Å². The Morgan fingerprint density at radius 1 is 1.10 bits per heavy atom. The van der Waals surface area contributed by atoms with Gasteiger partial charge in [-0.1, -0.05) is 41.9 Å². The molecule has 2 aromatic carbocycles. The lowest BCUT2D eigenvalue weighted by atomic mass is 10.1. The summed E-state index contributed by atoms with van der Waals surface area (Å²) in [4.78, 5) is 13.0. The molecular weight excluding hydrogens is 408 g/mol. The minimum atomic E-state index is -3.91. The second-order valence-electron chi connectivity index (χ2n) is 6.81. The van der Waals surface area contributed by atoms with Gasteiger partial charge >= 0.3 is 0 Å². The number of carbonyl (C=O) groups is 1. The Balaban J connectivity index is 1.99. The van der Waals surface area contributed by atoms with E-state index in [4.69, 9.17) is 16.7 Å². The molecule has 0 aliphatic carbocycles. The third-order valence-corrected chi connectivity index (χ3v) is 5.94. The monoisotopic (exact) mass is 428 g/mol. The molecule has 0 unspecified atom stereocenters. The minimum Gasteiger partial charge on any atom is -0.344 e. The molecule has 0 amide bonds. The first-order valence-electron chi connectivity index (χ1n) is 8.90. The first kappa shape index (κ1) is 21.0. The molecule has 0 bridgehead atoms. The number of sulfonamides is 1. The van der Waals surface area contributed by atoms with Crippen molar-refractivity contribution in [3.63, 3.8) is 0 Å². The standard InChI is InChI=1S/C22H21ClN2O3S/c1-15-12-19(14-20(29(24,27)28)13-16-6-4-3-5-7-16)25(2)21(15)22(26)17-8-10-18(23)11-9-17/h3-13H,14H2,1-2H3,(H2,24,27,28)/b20-13-. The number of nitrogens with zero attached hydrogens (tertiary/aromatic N) is 1. The lowest BCUT2D eigenvalue weighted by Crippen LogP contribution is -2.18. The molecule has 0 radical (unpaired) electrons. The minimum absolute atomic E-state index is 0.0785. The summed E-state index contributed by atoms with van der Waals surface area (Å²) < 4.78 is 26.0. The van der Waals surface area contributed by atoms with Crippen LogP contribution in [0.3, 0.4) is 0 Å². The number of allylic oxidation sites excluding steroid dienone is 1. The van der Waals surface area contributed by atoms with Gasteiger partial charge in [-0.05, 0) is 54.5 Å². The second-order valence-corrected chi connectivity index (χ2v) is 8.86. The van der Waals surface area contributed by atoms with Crippen molar-refractivity contribution in [1.82, 2.24) is 4.57 Å². The predicted octanol–water partition coefficient (Wildman–Crippen LogP) is 4.09. The van der Waals surface area contributed by atoms with E-state index in [0.29, 0.717) is 22.0 Å². The van der Waals surface area contributed by atoms with Crippen molar-refractivity contribution in [3.8, 4) is 0 Å². The van der Waals surface area contributed by atoms with E-state index in [1.54, 1.807) is 54.1 Å². The van der Waals surface area contributed by atoms with E-state index in [9.17, 15) is 13.2 Å². The molecule has 2 N–H and O–H groups in total. The molecule has 1 heterocycles. The van der Waals surface area contributed by atoms with Crippen LogP contribution in [-0.2, 0) is 23.5 Å². The molecule has 3 rings (SSSR count). The summed E-state index contributed by atoms with van der Waals surface area (Å²) in [5.74, 6) is -0.155. The second kappa shape index (κ2) is 8.37. The Labute approximate surface area is 175 Å². The fourth-order valence-electron chi connectivity index (χ4n) is 3.21. The van der Waals surface area contributed by atoms with Crippen LogP contribution in [0.15, 0.2) is 65.6 Å². The summed E-state index contributed by atoms with van der Waals surface area (Å²) in [6, 6.07) is 17.6. The van der Waals surface area contributed by atoms with E-state index in [1.807, 2.05) is 31.2 Å².